The monoisotopic (exact) mass is 347 g/mol. The lowest BCUT2D eigenvalue weighted by molar-refractivity contribution is -0.121. The maximum Gasteiger partial charge on any atom is 0.233 e. The second-order valence-electron chi connectivity index (χ2n) is 6.03. The van der Waals surface area contributed by atoms with Crippen molar-refractivity contribution in [3.63, 3.8) is 0 Å². The van der Waals surface area contributed by atoms with E-state index in [9.17, 15) is 9.00 Å². The van der Waals surface area contributed by atoms with E-state index in [4.69, 9.17) is 0 Å². The average Bonchev–Trinajstić information content (AvgIpc) is 3.05. The normalized spacial score (nSPS) is 18.7. The highest BCUT2D eigenvalue weighted by molar-refractivity contribution is 7.86. The van der Waals surface area contributed by atoms with Gasteiger partial charge in [-0.1, -0.05) is 36.4 Å². The molecule has 1 aromatic heterocycles. The molecule has 0 saturated heterocycles. The van der Waals surface area contributed by atoms with Gasteiger partial charge in [-0.2, -0.15) is 0 Å². The fourth-order valence-electron chi connectivity index (χ4n) is 2.98. The van der Waals surface area contributed by atoms with Crippen molar-refractivity contribution in [1.82, 2.24) is 5.32 Å². The summed E-state index contributed by atoms with van der Waals surface area (Å²) in [6, 6.07) is 14.0. The van der Waals surface area contributed by atoms with Gasteiger partial charge in [-0.3, -0.25) is 9.00 Å². The van der Waals surface area contributed by atoms with Crippen molar-refractivity contribution in [3.8, 4) is 0 Å². The van der Waals surface area contributed by atoms with Crippen molar-refractivity contribution in [2.45, 2.75) is 37.0 Å². The summed E-state index contributed by atoms with van der Waals surface area (Å²) in [5, 5.41) is 5.02. The molecule has 0 radical (unpaired) electrons. The third-order valence-corrected chi connectivity index (χ3v) is 7.32. The van der Waals surface area contributed by atoms with E-state index in [1.165, 1.54) is 0 Å². The standard InChI is InChI=1S/C18H21NO2S2/c1-14(16-9-5-12-22-16)23(21)13-17(20)19-18(10-6-11-18)15-7-3-2-4-8-15/h2-5,7-9,12,14H,6,10-11,13H2,1H3,(H,19,20). The van der Waals surface area contributed by atoms with Crippen LogP contribution < -0.4 is 5.32 Å². The van der Waals surface area contributed by atoms with Gasteiger partial charge in [0.15, 0.2) is 0 Å². The van der Waals surface area contributed by atoms with Crippen LogP contribution in [0, 0.1) is 0 Å². The molecule has 0 aliphatic heterocycles. The van der Waals surface area contributed by atoms with Gasteiger partial charge in [-0.25, -0.2) is 0 Å². The van der Waals surface area contributed by atoms with Crippen LogP contribution in [0.25, 0.3) is 0 Å². The molecule has 1 aliphatic carbocycles. The van der Waals surface area contributed by atoms with E-state index in [0.717, 1.165) is 29.7 Å². The van der Waals surface area contributed by atoms with Crippen molar-refractivity contribution < 1.29 is 9.00 Å². The molecule has 5 heteroatoms. The van der Waals surface area contributed by atoms with E-state index >= 15 is 0 Å². The van der Waals surface area contributed by atoms with Crippen molar-refractivity contribution in [3.05, 3.63) is 58.3 Å². The highest BCUT2D eigenvalue weighted by Crippen LogP contribution is 2.41. The van der Waals surface area contributed by atoms with E-state index in [1.54, 1.807) is 11.3 Å². The summed E-state index contributed by atoms with van der Waals surface area (Å²) in [6.45, 7) is 1.92. The number of rotatable bonds is 6. The molecule has 2 unspecified atom stereocenters. The van der Waals surface area contributed by atoms with E-state index < -0.39 is 10.8 Å². The summed E-state index contributed by atoms with van der Waals surface area (Å²) in [4.78, 5) is 13.5. The molecule has 1 heterocycles. The molecule has 122 valence electrons. The smallest absolute Gasteiger partial charge is 0.233 e. The third-order valence-electron chi connectivity index (χ3n) is 4.52. The van der Waals surface area contributed by atoms with Crippen molar-refractivity contribution in [2.24, 2.45) is 0 Å². The minimum absolute atomic E-state index is 0.0631. The summed E-state index contributed by atoms with van der Waals surface area (Å²) in [5.74, 6) is -0.0523. The Balaban J connectivity index is 1.64. The lowest BCUT2D eigenvalue weighted by Gasteiger charge is -2.43. The fourth-order valence-corrected chi connectivity index (χ4v) is 5.05. The number of carbonyl (C=O) groups excluding carboxylic acids is 1. The summed E-state index contributed by atoms with van der Waals surface area (Å²) < 4.78 is 12.4. The molecular formula is C18H21NO2S2. The number of thiophene rings is 1. The molecule has 1 aliphatic rings. The first kappa shape index (κ1) is 16.4. The van der Waals surface area contributed by atoms with Gasteiger partial charge in [-0.05, 0) is 43.2 Å². The van der Waals surface area contributed by atoms with Crippen LogP contribution in [0.3, 0.4) is 0 Å². The third kappa shape index (κ3) is 3.56. The van der Waals surface area contributed by atoms with E-state index in [1.807, 2.05) is 42.6 Å². The summed E-state index contributed by atoms with van der Waals surface area (Å²) in [7, 11) is -1.19. The van der Waals surface area contributed by atoms with Crippen molar-refractivity contribution in [1.29, 1.82) is 0 Å². The number of hydrogen-bond acceptors (Lipinski definition) is 3. The fraction of sp³-hybridized carbons (Fsp3) is 0.389. The zero-order valence-electron chi connectivity index (χ0n) is 13.2. The first-order chi connectivity index (χ1) is 11.1. The Labute approximate surface area is 143 Å². The molecule has 1 fully saturated rings. The molecule has 0 spiro atoms. The molecule has 23 heavy (non-hydrogen) atoms. The number of hydrogen-bond donors (Lipinski definition) is 1. The lowest BCUT2D eigenvalue weighted by atomic mass is 9.72. The quantitative estimate of drug-likeness (QED) is 0.865. The first-order valence-electron chi connectivity index (χ1n) is 7.88. The second-order valence-corrected chi connectivity index (χ2v) is 8.77. The van der Waals surface area contributed by atoms with E-state index in [0.29, 0.717) is 0 Å². The lowest BCUT2D eigenvalue weighted by Crippen LogP contribution is -2.52. The zero-order valence-corrected chi connectivity index (χ0v) is 14.8. The summed E-state index contributed by atoms with van der Waals surface area (Å²) in [6.07, 6.45) is 3.02. The SMILES string of the molecule is CC(c1cccs1)S(=O)CC(=O)NC1(c2ccccc2)CCC1. The Morgan fingerprint density at radius 2 is 2.00 bits per heavy atom. The highest BCUT2D eigenvalue weighted by Gasteiger charge is 2.40. The predicted octanol–water partition coefficient (Wildman–Crippen LogP) is 3.75. The van der Waals surface area contributed by atoms with Gasteiger partial charge < -0.3 is 5.32 Å². The maximum absolute atomic E-state index is 12.4. The average molecular weight is 348 g/mol. The molecule has 2 atom stereocenters. The zero-order chi connectivity index (χ0) is 16.3. The molecule has 3 rings (SSSR count). The molecule has 1 aromatic carbocycles. The molecule has 1 saturated carbocycles. The highest BCUT2D eigenvalue weighted by atomic mass is 32.2. The molecule has 1 amide bonds. The minimum atomic E-state index is -1.19. The molecule has 1 N–H and O–H groups in total. The molecule has 3 nitrogen and oxygen atoms in total. The van der Waals surface area contributed by atoms with Gasteiger partial charge in [0.1, 0.15) is 5.75 Å². The van der Waals surface area contributed by atoms with Gasteiger partial charge in [0.05, 0.1) is 10.8 Å². The maximum atomic E-state index is 12.4. The second kappa shape index (κ2) is 6.97. The van der Waals surface area contributed by atoms with Crippen molar-refractivity contribution >= 4 is 28.0 Å². The van der Waals surface area contributed by atoms with Crippen LogP contribution in [0.4, 0.5) is 0 Å². The molecular weight excluding hydrogens is 326 g/mol. The Morgan fingerprint density at radius 1 is 1.26 bits per heavy atom. The topological polar surface area (TPSA) is 46.2 Å². The van der Waals surface area contributed by atoms with Gasteiger partial charge >= 0.3 is 0 Å². The predicted molar refractivity (Wildman–Crippen MR) is 95.9 cm³/mol. The van der Waals surface area contributed by atoms with Gasteiger partial charge in [-0.15, -0.1) is 11.3 Å². The van der Waals surface area contributed by atoms with Crippen LogP contribution in [0.1, 0.15) is 41.9 Å². The van der Waals surface area contributed by atoms with Crippen molar-refractivity contribution in [2.75, 3.05) is 5.75 Å². The van der Waals surface area contributed by atoms with Crippen LogP contribution >= 0.6 is 11.3 Å². The number of nitrogens with one attached hydrogen (secondary N) is 1. The number of carbonyl (C=O) groups is 1. The van der Waals surface area contributed by atoms with Gasteiger partial charge in [0.25, 0.3) is 0 Å². The van der Waals surface area contributed by atoms with E-state index in [-0.39, 0.29) is 22.4 Å². The van der Waals surface area contributed by atoms with Crippen LogP contribution in [-0.2, 0) is 21.1 Å². The Bertz CT molecular complexity index is 678. The Kier molecular flexibility index (Phi) is 4.97. The first-order valence-corrected chi connectivity index (χ1v) is 10.1. The summed E-state index contributed by atoms with van der Waals surface area (Å²) in [5.41, 5.74) is 0.894. The van der Waals surface area contributed by atoms with Crippen LogP contribution in [0.2, 0.25) is 0 Å². The largest absolute Gasteiger partial charge is 0.346 e. The number of amides is 1. The molecule has 2 aromatic rings. The van der Waals surface area contributed by atoms with Crippen LogP contribution in [0.15, 0.2) is 47.8 Å². The van der Waals surface area contributed by atoms with Crippen LogP contribution in [0.5, 0.6) is 0 Å². The minimum Gasteiger partial charge on any atom is -0.346 e. The Morgan fingerprint density at radius 3 is 2.57 bits per heavy atom. The Hall–Kier alpha value is -1.46. The van der Waals surface area contributed by atoms with Gasteiger partial charge in [0, 0.05) is 15.7 Å². The van der Waals surface area contributed by atoms with Crippen LogP contribution in [-0.4, -0.2) is 15.9 Å². The molecule has 0 bridgehead atoms. The number of benzene rings is 1. The van der Waals surface area contributed by atoms with E-state index in [2.05, 4.69) is 17.4 Å². The summed E-state index contributed by atoms with van der Waals surface area (Å²) >= 11 is 1.59. The van der Waals surface area contributed by atoms with Gasteiger partial charge in [0.2, 0.25) is 5.91 Å².